The fraction of sp³-hybridized carbons (Fsp3) is 0.375. The lowest BCUT2D eigenvalue weighted by Crippen LogP contribution is -2.61. The van der Waals surface area contributed by atoms with Gasteiger partial charge in [-0.2, -0.15) is 4.48 Å². The standard InChI is InChI=1S/C15H19N3.C14H16N3.C3H8/c1-13-17-9-5-3-7-14(17)11-16(2)12-15-8-4-6-10-18(13)15;1-17-10-12-6-2-4-8-15(12)14(17)16-9-5-3-7-13(16)11-17;1-3-2/h3-10,13H,11-12H2,1-2H3;2-9,14H,10-11H2,1H3;3H2,1-2H3/q+2;+3;. The van der Waals surface area contributed by atoms with Crippen molar-refractivity contribution in [2.24, 2.45) is 0 Å². The second-order valence-corrected chi connectivity index (χ2v) is 11.1. The highest BCUT2D eigenvalue weighted by Gasteiger charge is 2.61. The van der Waals surface area contributed by atoms with Gasteiger partial charge in [-0.05, 0) is 19.2 Å². The molecule has 196 valence electrons. The zero-order valence-corrected chi connectivity index (χ0v) is 23.6. The Labute approximate surface area is 227 Å². The molecule has 6 nitrogen and oxygen atoms in total. The highest BCUT2D eigenvalue weighted by atomic mass is 15.6. The van der Waals surface area contributed by atoms with Crippen molar-refractivity contribution in [1.82, 2.24) is 4.90 Å². The zero-order valence-electron chi connectivity index (χ0n) is 23.6. The smallest absolute Gasteiger partial charge is 0.287 e. The zero-order chi connectivity index (χ0) is 26.7. The molecule has 38 heavy (non-hydrogen) atoms. The molecule has 4 aromatic rings. The molecule has 0 N–H and O–H groups in total. The molecule has 0 saturated heterocycles. The van der Waals surface area contributed by atoms with Crippen molar-refractivity contribution in [3.63, 3.8) is 0 Å². The summed E-state index contributed by atoms with van der Waals surface area (Å²) in [6, 6.07) is 25.9. The molecule has 0 saturated carbocycles. The Morgan fingerprint density at radius 2 is 1.03 bits per heavy atom. The number of fused-ring (bicyclic) bond motifs is 7. The van der Waals surface area contributed by atoms with Gasteiger partial charge >= 0.3 is 12.5 Å². The SMILES string of the molecule is CC1[n+]2ccccc2CN(C)Cc2cccc[n+]21.CCC.C[N+]12Cc3cccc[n+]3C1[n+]1ccccc1C2. The van der Waals surface area contributed by atoms with Gasteiger partial charge in [-0.3, -0.25) is 4.90 Å². The summed E-state index contributed by atoms with van der Waals surface area (Å²) in [6.07, 6.45) is 10.7. The van der Waals surface area contributed by atoms with E-state index in [4.69, 9.17) is 0 Å². The average molecular weight is 512 g/mol. The van der Waals surface area contributed by atoms with E-state index in [1.807, 2.05) is 0 Å². The van der Waals surface area contributed by atoms with Crippen LogP contribution in [0.2, 0.25) is 0 Å². The molecule has 0 unspecified atom stereocenters. The minimum absolute atomic E-state index is 0.325. The minimum atomic E-state index is 0.325. The van der Waals surface area contributed by atoms with Crippen molar-refractivity contribution in [1.29, 1.82) is 0 Å². The Morgan fingerprint density at radius 3 is 1.45 bits per heavy atom. The highest BCUT2D eigenvalue weighted by Crippen LogP contribution is 2.31. The molecule has 0 bridgehead atoms. The molecule has 3 aliphatic rings. The molecule has 0 spiro atoms. The van der Waals surface area contributed by atoms with E-state index in [2.05, 4.69) is 156 Å². The Morgan fingerprint density at radius 1 is 0.658 bits per heavy atom. The third-order valence-electron chi connectivity index (χ3n) is 7.68. The van der Waals surface area contributed by atoms with Gasteiger partial charge in [0.1, 0.15) is 0 Å². The predicted molar refractivity (Wildman–Crippen MR) is 146 cm³/mol. The van der Waals surface area contributed by atoms with Gasteiger partial charge < -0.3 is 0 Å². The normalized spacial score (nSPS) is 21.1. The summed E-state index contributed by atoms with van der Waals surface area (Å²) in [7, 11) is 4.52. The molecule has 4 aromatic heterocycles. The quantitative estimate of drug-likeness (QED) is 0.262. The van der Waals surface area contributed by atoms with E-state index >= 15 is 0 Å². The van der Waals surface area contributed by atoms with Crippen LogP contribution in [-0.2, 0) is 26.2 Å². The van der Waals surface area contributed by atoms with Gasteiger partial charge in [0.25, 0.3) is 0 Å². The largest absolute Gasteiger partial charge is 0.484 e. The number of rotatable bonds is 0. The fourth-order valence-electron chi connectivity index (χ4n) is 6.12. The maximum Gasteiger partial charge on any atom is 0.484 e. The van der Waals surface area contributed by atoms with E-state index in [9.17, 15) is 0 Å². The first-order chi connectivity index (χ1) is 18.4. The van der Waals surface area contributed by atoms with Gasteiger partial charge in [-0.15, -0.1) is 9.13 Å². The average Bonchev–Trinajstić information content (AvgIpc) is 3.37. The van der Waals surface area contributed by atoms with Crippen molar-refractivity contribution in [3.8, 4) is 0 Å². The van der Waals surface area contributed by atoms with Crippen LogP contribution < -0.4 is 18.3 Å². The van der Waals surface area contributed by atoms with Crippen LogP contribution in [0.25, 0.3) is 0 Å². The fourth-order valence-corrected chi connectivity index (χ4v) is 6.12. The van der Waals surface area contributed by atoms with Crippen molar-refractivity contribution in [2.45, 2.75) is 65.8 Å². The summed E-state index contributed by atoms with van der Waals surface area (Å²) in [5.41, 5.74) is 5.58. The van der Waals surface area contributed by atoms with Crippen LogP contribution in [0.5, 0.6) is 0 Å². The molecule has 7 heterocycles. The molecule has 0 aromatic carbocycles. The van der Waals surface area contributed by atoms with E-state index < -0.39 is 0 Å². The van der Waals surface area contributed by atoms with Crippen molar-refractivity contribution in [2.75, 3.05) is 14.1 Å². The molecule has 6 heteroatoms. The number of hydrogen-bond acceptors (Lipinski definition) is 1. The lowest BCUT2D eigenvalue weighted by Gasteiger charge is -2.19. The summed E-state index contributed by atoms with van der Waals surface area (Å²) in [5.74, 6) is 0. The van der Waals surface area contributed by atoms with Gasteiger partial charge in [0.15, 0.2) is 37.9 Å². The Balaban J connectivity index is 0.000000141. The maximum absolute atomic E-state index is 2.41. The predicted octanol–water partition coefficient (Wildman–Crippen LogP) is 3.43. The van der Waals surface area contributed by atoms with Crippen LogP contribution in [0.1, 0.15) is 62.4 Å². The van der Waals surface area contributed by atoms with Gasteiger partial charge in [0.2, 0.25) is 22.8 Å². The summed E-state index contributed by atoms with van der Waals surface area (Å²) in [6.45, 7) is 10.7. The van der Waals surface area contributed by atoms with Crippen LogP contribution in [0.4, 0.5) is 0 Å². The third kappa shape index (κ3) is 4.98. The molecular formula is C32H43N6+5. The first-order valence-electron chi connectivity index (χ1n) is 13.9. The lowest BCUT2D eigenvalue weighted by molar-refractivity contribution is -1.15. The number of pyridine rings is 4. The topological polar surface area (TPSA) is 18.8 Å². The summed E-state index contributed by atoms with van der Waals surface area (Å²) >= 11 is 0. The summed E-state index contributed by atoms with van der Waals surface area (Å²) in [5, 5.41) is 0. The number of quaternary nitrogens is 1. The molecule has 0 atom stereocenters. The Kier molecular flexibility index (Phi) is 7.63. The van der Waals surface area contributed by atoms with E-state index in [0.29, 0.717) is 12.5 Å². The maximum atomic E-state index is 2.41. The van der Waals surface area contributed by atoms with Crippen molar-refractivity contribution in [3.05, 3.63) is 120 Å². The second-order valence-electron chi connectivity index (χ2n) is 11.1. The molecular weight excluding hydrogens is 468 g/mol. The summed E-state index contributed by atoms with van der Waals surface area (Å²) < 4.78 is 10.6. The van der Waals surface area contributed by atoms with Gasteiger partial charge in [-0.25, -0.2) is 0 Å². The molecule has 0 amide bonds. The van der Waals surface area contributed by atoms with Crippen molar-refractivity contribution < 1.29 is 22.8 Å². The van der Waals surface area contributed by atoms with E-state index in [0.717, 1.165) is 30.7 Å². The van der Waals surface area contributed by atoms with E-state index in [1.165, 1.54) is 29.2 Å². The first kappa shape index (κ1) is 26.1. The first-order valence-corrected chi connectivity index (χ1v) is 13.9. The van der Waals surface area contributed by atoms with Crippen molar-refractivity contribution >= 4 is 0 Å². The minimum Gasteiger partial charge on any atom is -0.287 e. The van der Waals surface area contributed by atoms with Gasteiger partial charge in [-0.1, -0.05) is 41.5 Å². The Bertz CT molecular complexity index is 1300. The Hall–Kier alpha value is -3.48. The van der Waals surface area contributed by atoms with Crippen LogP contribution in [0.3, 0.4) is 0 Å². The van der Waals surface area contributed by atoms with Gasteiger partial charge in [0, 0.05) is 48.5 Å². The molecule has 0 radical (unpaired) electrons. The third-order valence-corrected chi connectivity index (χ3v) is 7.68. The highest BCUT2D eigenvalue weighted by molar-refractivity contribution is 5.02. The monoisotopic (exact) mass is 511 g/mol. The molecule has 3 aliphatic heterocycles. The number of nitrogens with zero attached hydrogens (tertiary/aromatic N) is 6. The molecule has 7 rings (SSSR count). The lowest BCUT2D eigenvalue weighted by atomic mass is 10.2. The molecule has 0 fully saturated rings. The number of aromatic nitrogens is 4. The van der Waals surface area contributed by atoms with Crippen LogP contribution in [0.15, 0.2) is 97.6 Å². The van der Waals surface area contributed by atoms with E-state index in [1.54, 1.807) is 0 Å². The van der Waals surface area contributed by atoms with Crippen LogP contribution in [0, 0.1) is 0 Å². The van der Waals surface area contributed by atoms with Crippen LogP contribution in [-0.4, -0.2) is 23.5 Å². The van der Waals surface area contributed by atoms with Gasteiger partial charge in [0.05, 0.1) is 27.1 Å². The second kappa shape index (κ2) is 11.1. The molecule has 0 aliphatic carbocycles. The summed E-state index contributed by atoms with van der Waals surface area (Å²) in [4.78, 5) is 2.35. The van der Waals surface area contributed by atoms with E-state index in [-0.39, 0.29) is 0 Å². The number of hydrogen-bond donors (Lipinski definition) is 0. The van der Waals surface area contributed by atoms with Crippen LogP contribution >= 0.6 is 0 Å².